The number of aromatic amines is 2. The Labute approximate surface area is 165 Å². The maximum Gasteiger partial charge on any atom is 0.433 e. The largest absolute Gasteiger partial charge is 0.442 e. The lowest BCUT2D eigenvalue weighted by atomic mass is 10.1. The van der Waals surface area contributed by atoms with Crippen molar-refractivity contribution in [2.75, 3.05) is 5.32 Å². The predicted octanol–water partition coefficient (Wildman–Crippen LogP) is 3.58. The number of benzene rings is 1. The number of oxazole rings is 1. The minimum atomic E-state index is -4.64. The van der Waals surface area contributed by atoms with Crippen molar-refractivity contribution in [1.82, 2.24) is 19.9 Å². The van der Waals surface area contributed by atoms with Gasteiger partial charge in [-0.3, -0.25) is 4.79 Å². The number of nitrogens with one attached hydrogen (secondary N) is 3. The van der Waals surface area contributed by atoms with Crippen molar-refractivity contribution in [3.63, 3.8) is 0 Å². The summed E-state index contributed by atoms with van der Waals surface area (Å²) in [4.78, 5) is 36.2. The average Bonchev–Trinajstić information content (AvgIpc) is 3.35. The fraction of sp³-hybridized carbons (Fsp3) is 0.0526. The fourth-order valence-corrected chi connectivity index (χ4v) is 2.79. The lowest BCUT2D eigenvalue weighted by Gasteiger charge is -2.09. The van der Waals surface area contributed by atoms with Crippen LogP contribution in [0.3, 0.4) is 0 Å². The maximum atomic E-state index is 13.0. The molecular formula is C19H12F3N5O3. The van der Waals surface area contributed by atoms with Crippen molar-refractivity contribution >= 4 is 28.7 Å². The van der Waals surface area contributed by atoms with Crippen LogP contribution in [0, 0.1) is 0 Å². The molecule has 1 amide bonds. The van der Waals surface area contributed by atoms with E-state index in [1.54, 1.807) is 18.2 Å². The molecule has 30 heavy (non-hydrogen) atoms. The van der Waals surface area contributed by atoms with Crippen LogP contribution < -0.4 is 11.0 Å². The number of hydrogen-bond acceptors (Lipinski definition) is 5. The number of amides is 1. The molecule has 3 heterocycles. The summed E-state index contributed by atoms with van der Waals surface area (Å²) >= 11 is 0. The zero-order valence-electron chi connectivity index (χ0n) is 14.9. The van der Waals surface area contributed by atoms with E-state index in [1.807, 2.05) is 0 Å². The van der Waals surface area contributed by atoms with Crippen LogP contribution >= 0.6 is 0 Å². The summed E-state index contributed by atoms with van der Waals surface area (Å²) in [6.07, 6.45) is 0.0905. The molecule has 11 heteroatoms. The van der Waals surface area contributed by atoms with E-state index in [-0.39, 0.29) is 17.0 Å². The number of rotatable bonds is 4. The van der Waals surface area contributed by atoms with E-state index in [1.165, 1.54) is 18.3 Å². The number of anilines is 1. The lowest BCUT2D eigenvalue weighted by molar-refractivity contribution is -0.141. The third-order valence-electron chi connectivity index (χ3n) is 4.11. The second-order valence-electron chi connectivity index (χ2n) is 6.13. The van der Waals surface area contributed by atoms with E-state index in [0.717, 1.165) is 18.5 Å². The van der Waals surface area contributed by atoms with Crippen LogP contribution in [-0.4, -0.2) is 25.8 Å². The number of pyridine rings is 1. The van der Waals surface area contributed by atoms with Crippen molar-refractivity contribution in [2.45, 2.75) is 6.18 Å². The molecule has 8 nitrogen and oxygen atoms in total. The number of imidazole rings is 1. The summed E-state index contributed by atoms with van der Waals surface area (Å²) in [6, 6.07) is 6.89. The van der Waals surface area contributed by atoms with Gasteiger partial charge in [-0.1, -0.05) is 12.1 Å². The highest BCUT2D eigenvalue weighted by atomic mass is 19.4. The summed E-state index contributed by atoms with van der Waals surface area (Å²) in [5, 5.41) is 2.61. The van der Waals surface area contributed by atoms with Crippen molar-refractivity contribution in [2.24, 2.45) is 0 Å². The highest BCUT2D eigenvalue weighted by Gasteiger charge is 2.33. The molecule has 0 aliphatic heterocycles. The Hall–Kier alpha value is -4.15. The number of nitrogens with zero attached hydrogens (tertiary/aromatic N) is 2. The Morgan fingerprint density at radius 2 is 2.00 bits per heavy atom. The molecule has 0 saturated carbocycles. The van der Waals surface area contributed by atoms with E-state index in [4.69, 9.17) is 4.42 Å². The minimum absolute atomic E-state index is 0.0239. The molecule has 0 spiro atoms. The summed E-state index contributed by atoms with van der Waals surface area (Å²) < 4.78 is 44.1. The average molecular weight is 415 g/mol. The Kier molecular flexibility index (Phi) is 4.70. The lowest BCUT2D eigenvalue weighted by Crippen LogP contribution is -2.10. The second kappa shape index (κ2) is 7.35. The standard InChI is InChI=1S/C19H12F3N5O3/c20-19(21,22)14-6-4-10(16(26-14)13-8-23-9-30-13)5-7-15(28)24-11-2-1-3-12-17(11)27-18(29)25-12/h1-9H,(H,24,28)(H2,25,27,29)/b7-5+. The number of carbonyl (C=O) groups excluding carboxylic acids is 1. The highest BCUT2D eigenvalue weighted by molar-refractivity contribution is 6.06. The molecular weight excluding hydrogens is 403 g/mol. The number of alkyl halides is 3. The molecule has 0 aliphatic carbocycles. The molecule has 0 radical (unpaired) electrons. The van der Waals surface area contributed by atoms with Crippen LogP contribution in [0.4, 0.5) is 18.9 Å². The van der Waals surface area contributed by atoms with Crippen LogP contribution in [0.1, 0.15) is 11.3 Å². The first-order chi connectivity index (χ1) is 14.3. The van der Waals surface area contributed by atoms with Crippen LogP contribution in [-0.2, 0) is 11.0 Å². The second-order valence-corrected chi connectivity index (χ2v) is 6.13. The number of fused-ring (bicyclic) bond motifs is 1. The first-order valence-electron chi connectivity index (χ1n) is 8.48. The number of halogens is 3. The van der Waals surface area contributed by atoms with Crippen molar-refractivity contribution < 1.29 is 22.4 Å². The number of para-hydroxylation sites is 1. The number of aromatic nitrogens is 4. The first kappa shape index (κ1) is 19.2. The van der Waals surface area contributed by atoms with Gasteiger partial charge in [-0.15, -0.1) is 0 Å². The molecule has 152 valence electrons. The molecule has 0 saturated heterocycles. The summed E-state index contributed by atoms with van der Waals surface area (Å²) in [5.74, 6) is -0.538. The van der Waals surface area contributed by atoms with Crippen LogP contribution in [0.5, 0.6) is 0 Å². The molecule has 1 aromatic carbocycles. The number of hydrogen-bond donors (Lipinski definition) is 3. The smallest absolute Gasteiger partial charge is 0.433 e. The molecule has 3 aromatic heterocycles. The van der Waals surface area contributed by atoms with Gasteiger partial charge in [0.05, 0.1) is 22.9 Å². The van der Waals surface area contributed by atoms with Gasteiger partial charge in [-0.2, -0.15) is 13.2 Å². The van der Waals surface area contributed by atoms with Gasteiger partial charge in [-0.25, -0.2) is 14.8 Å². The highest BCUT2D eigenvalue weighted by Crippen LogP contribution is 2.31. The van der Waals surface area contributed by atoms with Crippen molar-refractivity contribution in [1.29, 1.82) is 0 Å². The van der Waals surface area contributed by atoms with E-state index in [2.05, 4.69) is 25.3 Å². The summed E-state index contributed by atoms with van der Waals surface area (Å²) in [7, 11) is 0. The Morgan fingerprint density at radius 3 is 2.73 bits per heavy atom. The first-order valence-corrected chi connectivity index (χ1v) is 8.48. The van der Waals surface area contributed by atoms with Crippen molar-refractivity contribution in [3.05, 3.63) is 70.7 Å². The molecule has 0 bridgehead atoms. The Morgan fingerprint density at radius 1 is 1.17 bits per heavy atom. The van der Waals surface area contributed by atoms with Crippen LogP contribution in [0.15, 0.2) is 58.2 Å². The number of H-pyrrole nitrogens is 2. The summed E-state index contributed by atoms with van der Waals surface area (Å²) in [6.45, 7) is 0. The molecule has 4 aromatic rings. The Balaban J connectivity index is 1.63. The number of carbonyl (C=O) groups is 1. The van der Waals surface area contributed by atoms with E-state index in [0.29, 0.717) is 16.7 Å². The monoisotopic (exact) mass is 415 g/mol. The third kappa shape index (κ3) is 3.85. The third-order valence-corrected chi connectivity index (χ3v) is 4.11. The molecule has 0 fully saturated rings. The maximum absolute atomic E-state index is 13.0. The van der Waals surface area contributed by atoms with Gasteiger partial charge >= 0.3 is 11.9 Å². The van der Waals surface area contributed by atoms with Gasteiger partial charge in [-0.05, 0) is 24.3 Å². The molecule has 3 N–H and O–H groups in total. The molecule has 0 atom stereocenters. The zero-order chi connectivity index (χ0) is 21.3. The topological polar surface area (TPSA) is 117 Å². The fourth-order valence-electron chi connectivity index (χ4n) is 2.79. The van der Waals surface area contributed by atoms with Crippen LogP contribution in [0.2, 0.25) is 0 Å². The van der Waals surface area contributed by atoms with Gasteiger partial charge in [0.15, 0.2) is 12.2 Å². The Bertz CT molecular complexity index is 1300. The van der Waals surface area contributed by atoms with E-state index >= 15 is 0 Å². The summed E-state index contributed by atoms with van der Waals surface area (Å²) in [5.41, 5.74) is -0.106. The van der Waals surface area contributed by atoms with Gasteiger partial charge in [0.2, 0.25) is 5.91 Å². The normalized spacial score (nSPS) is 12.0. The van der Waals surface area contributed by atoms with Gasteiger partial charge in [0.25, 0.3) is 0 Å². The molecule has 4 rings (SSSR count). The van der Waals surface area contributed by atoms with Crippen LogP contribution in [0.25, 0.3) is 28.6 Å². The quantitative estimate of drug-likeness (QED) is 0.441. The van der Waals surface area contributed by atoms with Gasteiger partial charge in [0.1, 0.15) is 11.4 Å². The van der Waals surface area contributed by atoms with Gasteiger partial charge < -0.3 is 19.7 Å². The predicted molar refractivity (Wildman–Crippen MR) is 101 cm³/mol. The zero-order valence-corrected chi connectivity index (χ0v) is 14.9. The van der Waals surface area contributed by atoms with Gasteiger partial charge in [0, 0.05) is 11.6 Å². The molecule has 0 aliphatic rings. The molecule has 0 unspecified atom stereocenters. The SMILES string of the molecule is O=C(/C=C/c1ccc(C(F)(F)F)nc1-c1cnco1)Nc1cccc2[nH]c(=O)[nH]c12. The minimum Gasteiger partial charge on any atom is -0.442 e. The van der Waals surface area contributed by atoms with E-state index < -0.39 is 23.5 Å². The van der Waals surface area contributed by atoms with Crippen molar-refractivity contribution in [3.8, 4) is 11.5 Å². The van der Waals surface area contributed by atoms with E-state index in [9.17, 15) is 22.8 Å².